The molecule has 2 aliphatic carbocycles. The second-order valence-electron chi connectivity index (χ2n) is 4.62. The number of thioether (sulfide) groups is 1. The topological polar surface area (TPSA) is 0 Å². The van der Waals surface area contributed by atoms with Gasteiger partial charge in [0.25, 0.3) is 0 Å². The van der Waals surface area contributed by atoms with Crippen LogP contribution >= 0.6 is 11.8 Å². The summed E-state index contributed by atoms with van der Waals surface area (Å²) in [5, 5.41) is 2.31. The van der Waals surface area contributed by atoms with Crippen molar-refractivity contribution in [3.8, 4) is 0 Å². The van der Waals surface area contributed by atoms with E-state index in [2.05, 4.69) is 28.6 Å². The van der Waals surface area contributed by atoms with Gasteiger partial charge in [-0.05, 0) is 0 Å². The summed E-state index contributed by atoms with van der Waals surface area (Å²) in [7, 11) is 0. The van der Waals surface area contributed by atoms with Gasteiger partial charge in [0.1, 0.15) is 0 Å². The van der Waals surface area contributed by atoms with Crippen LogP contribution in [0.3, 0.4) is 0 Å². The third-order valence-electron chi connectivity index (χ3n) is 4.02. The van der Waals surface area contributed by atoms with Gasteiger partial charge in [-0.15, -0.1) is 0 Å². The molecule has 14 heavy (non-hydrogen) atoms. The standard InChI is InChI=1S/C12H12SSe/c1-2-8-5-7(1)11-9-3-4-13-10(9)6-14-12(8)11/h1-4,6-9,11-12H,5H2/t7-,8+,9+,11-,12-/m1/s1. The zero-order valence-electron chi connectivity index (χ0n) is 7.80. The fourth-order valence-corrected chi connectivity index (χ4v) is 7.86. The van der Waals surface area contributed by atoms with Crippen LogP contribution in [0.25, 0.3) is 0 Å². The van der Waals surface area contributed by atoms with Gasteiger partial charge < -0.3 is 0 Å². The molecule has 2 heterocycles. The molecule has 5 atom stereocenters. The summed E-state index contributed by atoms with van der Waals surface area (Å²) in [5.41, 5.74) is 0. The Morgan fingerprint density at radius 1 is 1.21 bits per heavy atom. The Balaban J connectivity index is 1.79. The molecule has 0 unspecified atom stereocenters. The van der Waals surface area contributed by atoms with Crippen molar-refractivity contribution in [3.05, 3.63) is 33.5 Å². The maximum absolute atomic E-state index is 2.57. The average Bonchev–Trinajstić information content (AvgIpc) is 2.92. The van der Waals surface area contributed by atoms with Crippen molar-refractivity contribution < 1.29 is 0 Å². The molecule has 1 saturated carbocycles. The predicted octanol–water partition coefficient (Wildman–Crippen LogP) is 3.03. The van der Waals surface area contributed by atoms with Crippen molar-refractivity contribution in [3.63, 3.8) is 0 Å². The first-order valence-corrected chi connectivity index (χ1v) is 8.16. The van der Waals surface area contributed by atoms with Crippen molar-refractivity contribution in [2.45, 2.75) is 11.2 Å². The summed E-state index contributed by atoms with van der Waals surface area (Å²) in [6.07, 6.45) is 8.92. The van der Waals surface area contributed by atoms with Crippen LogP contribution < -0.4 is 0 Å². The Kier molecular flexibility index (Phi) is 1.66. The fourth-order valence-electron chi connectivity index (χ4n) is 3.42. The first-order chi connectivity index (χ1) is 6.93. The van der Waals surface area contributed by atoms with Crippen LogP contribution in [0, 0.1) is 23.7 Å². The Morgan fingerprint density at radius 3 is 3.14 bits per heavy atom. The number of rotatable bonds is 0. The Morgan fingerprint density at radius 2 is 2.14 bits per heavy atom. The van der Waals surface area contributed by atoms with Crippen LogP contribution in [0.4, 0.5) is 0 Å². The van der Waals surface area contributed by atoms with E-state index in [1.165, 1.54) is 6.42 Å². The van der Waals surface area contributed by atoms with Crippen molar-refractivity contribution in [1.82, 2.24) is 0 Å². The quantitative estimate of drug-likeness (QED) is 0.480. The van der Waals surface area contributed by atoms with Gasteiger partial charge in [-0.25, -0.2) is 0 Å². The van der Waals surface area contributed by atoms with Crippen LogP contribution in [-0.2, 0) is 0 Å². The maximum atomic E-state index is 2.57. The summed E-state index contributed by atoms with van der Waals surface area (Å²) in [6.45, 7) is 0. The molecule has 0 aromatic carbocycles. The van der Waals surface area contributed by atoms with E-state index in [4.69, 9.17) is 0 Å². The van der Waals surface area contributed by atoms with Gasteiger partial charge in [0.05, 0.1) is 0 Å². The van der Waals surface area contributed by atoms with Crippen LogP contribution in [0.5, 0.6) is 0 Å². The van der Waals surface area contributed by atoms with Crippen molar-refractivity contribution in [2.24, 2.45) is 23.7 Å². The third-order valence-corrected chi connectivity index (χ3v) is 8.18. The fraction of sp³-hybridized carbons (Fsp3) is 0.500. The van der Waals surface area contributed by atoms with Crippen LogP contribution in [0.2, 0.25) is 4.82 Å². The Hall–Kier alpha value is 0.0895. The molecule has 1 fully saturated rings. The molecule has 0 aromatic heterocycles. The third kappa shape index (κ3) is 0.925. The van der Waals surface area contributed by atoms with Gasteiger partial charge in [0.15, 0.2) is 0 Å². The number of hydrogen-bond donors (Lipinski definition) is 0. The molecule has 2 heteroatoms. The van der Waals surface area contributed by atoms with Gasteiger partial charge in [0, 0.05) is 0 Å². The number of allylic oxidation sites excluding steroid dienone is 4. The van der Waals surface area contributed by atoms with Crippen LogP contribution in [0.1, 0.15) is 6.42 Å². The van der Waals surface area contributed by atoms with Gasteiger partial charge in [0.2, 0.25) is 0 Å². The molecule has 72 valence electrons. The Bertz CT molecular complexity index is 369. The van der Waals surface area contributed by atoms with Gasteiger partial charge in [-0.3, -0.25) is 0 Å². The minimum atomic E-state index is 0.777. The van der Waals surface area contributed by atoms with E-state index in [1.807, 2.05) is 11.8 Å². The van der Waals surface area contributed by atoms with E-state index >= 15 is 0 Å². The normalized spacial score (nSPS) is 52.0. The monoisotopic (exact) mass is 268 g/mol. The summed E-state index contributed by atoms with van der Waals surface area (Å²) >= 11 is 2.75. The molecule has 0 saturated heterocycles. The zero-order chi connectivity index (χ0) is 9.12. The van der Waals surface area contributed by atoms with E-state index in [0.29, 0.717) is 0 Å². The molecule has 0 spiro atoms. The molecular weight excluding hydrogens is 255 g/mol. The van der Waals surface area contributed by atoms with Crippen LogP contribution in [-0.4, -0.2) is 15.0 Å². The van der Waals surface area contributed by atoms with Crippen LogP contribution in [0.15, 0.2) is 33.5 Å². The average molecular weight is 267 g/mol. The molecule has 0 radical (unpaired) electrons. The summed E-state index contributed by atoms with van der Waals surface area (Å²) in [4.78, 5) is 5.28. The van der Waals surface area contributed by atoms with Crippen molar-refractivity contribution in [1.29, 1.82) is 0 Å². The molecule has 4 rings (SSSR count). The minimum absolute atomic E-state index is 0.777. The second-order valence-corrected chi connectivity index (χ2v) is 7.81. The molecule has 2 bridgehead atoms. The summed E-state index contributed by atoms with van der Waals surface area (Å²) in [5.74, 6) is 3.66. The molecule has 0 amide bonds. The number of hydrogen-bond acceptors (Lipinski definition) is 1. The molecular formula is C12H12SSe. The predicted molar refractivity (Wildman–Crippen MR) is 62.0 cm³/mol. The van der Waals surface area contributed by atoms with E-state index in [1.54, 1.807) is 4.91 Å². The summed E-state index contributed by atoms with van der Waals surface area (Å²) < 4.78 is 0. The van der Waals surface area contributed by atoms with Crippen molar-refractivity contribution >= 4 is 26.7 Å². The SMILES string of the molecule is C1=C[C@H]2C(=C[Se][C@H]3[C@@H]2[C@@H]2C=C[C@H]3C2)S1. The molecule has 2 aliphatic heterocycles. The summed E-state index contributed by atoms with van der Waals surface area (Å²) in [6, 6.07) is 0. The van der Waals surface area contributed by atoms with E-state index in [-0.39, 0.29) is 0 Å². The molecule has 0 N–H and O–H groups in total. The van der Waals surface area contributed by atoms with Crippen molar-refractivity contribution in [2.75, 3.05) is 0 Å². The molecule has 0 aromatic rings. The Labute approximate surface area is 95.1 Å². The van der Waals surface area contributed by atoms with E-state index < -0.39 is 0 Å². The van der Waals surface area contributed by atoms with Gasteiger partial charge >= 0.3 is 95.1 Å². The van der Waals surface area contributed by atoms with E-state index in [0.717, 1.165) is 43.4 Å². The first-order valence-electron chi connectivity index (χ1n) is 5.31. The van der Waals surface area contributed by atoms with E-state index in [9.17, 15) is 0 Å². The molecule has 4 aliphatic rings. The van der Waals surface area contributed by atoms with Gasteiger partial charge in [-0.1, -0.05) is 0 Å². The number of fused-ring (bicyclic) bond motifs is 7. The molecule has 0 nitrogen and oxygen atoms in total. The first kappa shape index (κ1) is 8.27. The van der Waals surface area contributed by atoms with Gasteiger partial charge in [-0.2, -0.15) is 0 Å². The second kappa shape index (κ2) is 2.81. The zero-order valence-corrected chi connectivity index (χ0v) is 10.3.